The second kappa shape index (κ2) is 4.31. The number of imidazole rings is 1. The van der Waals surface area contributed by atoms with Crippen molar-refractivity contribution in [2.45, 2.75) is 0 Å². The first kappa shape index (κ1) is 11.6. The SMILES string of the molecule is Cn1c(-c2cccc(F)c2)nc2cc(C=O)ccc21. The number of aryl methyl sites for hydroxylation is 1. The van der Waals surface area contributed by atoms with Crippen LogP contribution in [0.15, 0.2) is 42.5 Å². The Morgan fingerprint density at radius 1 is 1.21 bits per heavy atom. The van der Waals surface area contributed by atoms with Crippen molar-refractivity contribution < 1.29 is 9.18 Å². The summed E-state index contributed by atoms with van der Waals surface area (Å²) in [6, 6.07) is 11.6. The Bertz CT molecular complexity index is 777. The Morgan fingerprint density at radius 3 is 2.79 bits per heavy atom. The van der Waals surface area contributed by atoms with Gasteiger partial charge in [0.2, 0.25) is 0 Å². The predicted octanol–water partition coefficient (Wildman–Crippen LogP) is 3.19. The first-order chi connectivity index (χ1) is 9.19. The summed E-state index contributed by atoms with van der Waals surface area (Å²) in [7, 11) is 1.87. The lowest BCUT2D eigenvalue weighted by Crippen LogP contribution is -1.92. The first-order valence-electron chi connectivity index (χ1n) is 5.86. The number of hydrogen-bond donors (Lipinski definition) is 0. The zero-order valence-electron chi connectivity index (χ0n) is 10.3. The highest BCUT2D eigenvalue weighted by Crippen LogP contribution is 2.24. The highest BCUT2D eigenvalue weighted by atomic mass is 19.1. The fourth-order valence-electron chi connectivity index (χ4n) is 2.18. The van der Waals surface area contributed by atoms with Crippen LogP contribution in [-0.4, -0.2) is 15.8 Å². The quantitative estimate of drug-likeness (QED) is 0.658. The largest absolute Gasteiger partial charge is 0.327 e. The average molecular weight is 254 g/mol. The fraction of sp³-hybridized carbons (Fsp3) is 0.0667. The third kappa shape index (κ3) is 1.91. The van der Waals surface area contributed by atoms with Crippen molar-refractivity contribution in [3.8, 4) is 11.4 Å². The van der Waals surface area contributed by atoms with Gasteiger partial charge in [-0.1, -0.05) is 12.1 Å². The second-order valence-electron chi connectivity index (χ2n) is 4.37. The van der Waals surface area contributed by atoms with Gasteiger partial charge in [-0.05, 0) is 30.3 Å². The van der Waals surface area contributed by atoms with Crippen molar-refractivity contribution >= 4 is 17.3 Å². The number of carbonyl (C=O) groups excluding carboxylic acids is 1. The van der Waals surface area contributed by atoms with Crippen LogP contribution in [-0.2, 0) is 7.05 Å². The summed E-state index contributed by atoms with van der Waals surface area (Å²) in [6.07, 6.45) is 0.788. The van der Waals surface area contributed by atoms with Crippen LogP contribution < -0.4 is 0 Å². The molecule has 94 valence electrons. The monoisotopic (exact) mass is 254 g/mol. The van der Waals surface area contributed by atoms with Crippen LogP contribution in [0.4, 0.5) is 4.39 Å². The number of aldehydes is 1. The van der Waals surface area contributed by atoms with Crippen molar-refractivity contribution in [1.82, 2.24) is 9.55 Å². The topological polar surface area (TPSA) is 34.9 Å². The Balaban J connectivity index is 2.24. The lowest BCUT2D eigenvalue weighted by molar-refractivity contribution is 0.112. The van der Waals surface area contributed by atoms with E-state index in [0.717, 1.165) is 17.3 Å². The molecule has 0 aliphatic heterocycles. The lowest BCUT2D eigenvalue weighted by Gasteiger charge is -2.02. The third-order valence-corrected chi connectivity index (χ3v) is 3.12. The van der Waals surface area contributed by atoms with E-state index in [1.165, 1.54) is 12.1 Å². The summed E-state index contributed by atoms with van der Waals surface area (Å²) in [5, 5.41) is 0. The van der Waals surface area contributed by atoms with Gasteiger partial charge in [-0.15, -0.1) is 0 Å². The molecule has 0 aliphatic carbocycles. The van der Waals surface area contributed by atoms with Crippen LogP contribution in [0.5, 0.6) is 0 Å². The summed E-state index contributed by atoms with van der Waals surface area (Å²) in [5.74, 6) is 0.385. The van der Waals surface area contributed by atoms with Crippen molar-refractivity contribution in [2.24, 2.45) is 7.05 Å². The number of nitrogens with zero attached hydrogens (tertiary/aromatic N) is 2. The van der Waals surface area contributed by atoms with Crippen LogP contribution in [0.2, 0.25) is 0 Å². The average Bonchev–Trinajstić information content (AvgIpc) is 2.75. The third-order valence-electron chi connectivity index (χ3n) is 3.12. The van der Waals surface area contributed by atoms with Crippen LogP contribution in [0.1, 0.15) is 10.4 Å². The minimum absolute atomic E-state index is 0.293. The Labute approximate surface area is 109 Å². The maximum absolute atomic E-state index is 13.3. The highest BCUT2D eigenvalue weighted by molar-refractivity contribution is 5.87. The van der Waals surface area contributed by atoms with Gasteiger partial charge in [0, 0.05) is 18.2 Å². The van der Waals surface area contributed by atoms with E-state index in [4.69, 9.17) is 0 Å². The Kier molecular flexibility index (Phi) is 2.63. The van der Waals surface area contributed by atoms with Gasteiger partial charge in [0.25, 0.3) is 0 Å². The molecule has 0 atom stereocenters. The molecule has 0 fully saturated rings. The number of hydrogen-bond acceptors (Lipinski definition) is 2. The molecule has 2 aromatic carbocycles. The van der Waals surface area contributed by atoms with E-state index in [1.807, 2.05) is 23.7 Å². The lowest BCUT2D eigenvalue weighted by atomic mass is 10.2. The molecule has 4 heteroatoms. The van der Waals surface area contributed by atoms with Crippen molar-refractivity contribution in [3.63, 3.8) is 0 Å². The fourth-order valence-corrected chi connectivity index (χ4v) is 2.18. The summed E-state index contributed by atoms with van der Waals surface area (Å²) in [6.45, 7) is 0. The number of benzene rings is 2. The molecule has 3 nitrogen and oxygen atoms in total. The van der Waals surface area contributed by atoms with E-state index in [0.29, 0.717) is 17.0 Å². The van der Waals surface area contributed by atoms with Crippen molar-refractivity contribution in [3.05, 3.63) is 53.8 Å². The molecule has 19 heavy (non-hydrogen) atoms. The van der Waals surface area contributed by atoms with Gasteiger partial charge in [-0.2, -0.15) is 0 Å². The summed E-state index contributed by atoms with van der Waals surface area (Å²) in [5.41, 5.74) is 2.93. The molecule has 0 radical (unpaired) electrons. The van der Waals surface area contributed by atoms with Crippen molar-refractivity contribution in [1.29, 1.82) is 0 Å². The molecule has 3 aromatic rings. The standard InChI is InChI=1S/C15H11FN2O/c1-18-14-6-5-10(9-19)7-13(14)17-15(18)11-3-2-4-12(16)8-11/h2-9H,1H3. The van der Waals surface area contributed by atoms with Crippen LogP contribution in [0.3, 0.4) is 0 Å². The molecule has 0 spiro atoms. The van der Waals surface area contributed by atoms with Gasteiger partial charge in [-0.25, -0.2) is 9.37 Å². The number of halogens is 1. The first-order valence-corrected chi connectivity index (χ1v) is 5.86. The van der Waals surface area contributed by atoms with Gasteiger partial charge in [0.05, 0.1) is 11.0 Å². The molecular weight excluding hydrogens is 243 g/mol. The van der Waals surface area contributed by atoms with Crippen LogP contribution in [0.25, 0.3) is 22.4 Å². The second-order valence-corrected chi connectivity index (χ2v) is 4.37. The van der Waals surface area contributed by atoms with Gasteiger partial charge in [0.1, 0.15) is 17.9 Å². The molecule has 0 unspecified atom stereocenters. The van der Waals surface area contributed by atoms with Crippen LogP contribution in [0, 0.1) is 5.82 Å². The molecule has 0 aliphatic rings. The van der Waals surface area contributed by atoms with E-state index in [1.54, 1.807) is 18.2 Å². The smallest absolute Gasteiger partial charge is 0.150 e. The molecule has 0 saturated heterocycles. The molecule has 0 saturated carbocycles. The minimum atomic E-state index is -0.293. The molecule has 1 aromatic heterocycles. The van der Waals surface area contributed by atoms with Crippen LogP contribution >= 0.6 is 0 Å². The number of rotatable bonds is 2. The zero-order valence-corrected chi connectivity index (χ0v) is 10.3. The maximum Gasteiger partial charge on any atom is 0.150 e. The molecule has 0 amide bonds. The van der Waals surface area contributed by atoms with Gasteiger partial charge < -0.3 is 4.57 Å². The van der Waals surface area contributed by atoms with E-state index in [-0.39, 0.29) is 5.82 Å². The number of aromatic nitrogens is 2. The van der Waals surface area contributed by atoms with E-state index in [2.05, 4.69) is 4.98 Å². The van der Waals surface area contributed by atoms with Gasteiger partial charge in [-0.3, -0.25) is 4.79 Å². The molecule has 3 rings (SSSR count). The van der Waals surface area contributed by atoms with Gasteiger partial charge >= 0.3 is 0 Å². The van der Waals surface area contributed by atoms with Gasteiger partial charge in [0.15, 0.2) is 0 Å². The maximum atomic E-state index is 13.3. The van der Waals surface area contributed by atoms with E-state index in [9.17, 15) is 9.18 Å². The van der Waals surface area contributed by atoms with E-state index < -0.39 is 0 Å². The molecule has 1 heterocycles. The summed E-state index contributed by atoms with van der Waals surface area (Å²) < 4.78 is 15.2. The zero-order chi connectivity index (χ0) is 13.4. The molecule has 0 N–H and O–H groups in total. The molecule has 0 bridgehead atoms. The number of carbonyl (C=O) groups is 1. The predicted molar refractivity (Wildman–Crippen MR) is 71.5 cm³/mol. The summed E-state index contributed by atoms with van der Waals surface area (Å²) in [4.78, 5) is 15.2. The normalized spacial score (nSPS) is 10.8. The summed E-state index contributed by atoms with van der Waals surface area (Å²) >= 11 is 0. The van der Waals surface area contributed by atoms with Crippen molar-refractivity contribution in [2.75, 3.05) is 0 Å². The minimum Gasteiger partial charge on any atom is -0.327 e. The number of fused-ring (bicyclic) bond motifs is 1. The Morgan fingerprint density at radius 2 is 2.05 bits per heavy atom. The highest BCUT2D eigenvalue weighted by Gasteiger charge is 2.10. The Hall–Kier alpha value is -2.49. The molecular formula is C15H11FN2O. The van der Waals surface area contributed by atoms with E-state index >= 15 is 0 Å².